The third-order valence-corrected chi connectivity index (χ3v) is 2.23. The van der Waals surface area contributed by atoms with Crippen LogP contribution in [0, 0.1) is 0 Å². The number of nitrogens with one attached hydrogen (secondary N) is 1. The Morgan fingerprint density at radius 2 is 2.12 bits per heavy atom. The smallest absolute Gasteiger partial charge is 0.330 e. The highest BCUT2D eigenvalue weighted by atomic mass is 19.4. The number of pyridine rings is 1. The molecular formula is C8H8F3N5. The number of aromatic amines is 1. The maximum Gasteiger partial charge on any atom is 0.397 e. The molecule has 0 aliphatic heterocycles. The second-order valence-electron chi connectivity index (χ2n) is 3.26. The van der Waals surface area contributed by atoms with Crippen LogP contribution in [0.5, 0.6) is 0 Å². The summed E-state index contributed by atoms with van der Waals surface area (Å²) in [7, 11) is 0. The van der Waals surface area contributed by atoms with E-state index in [1.54, 1.807) is 0 Å². The molecule has 2 heterocycles. The van der Waals surface area contributed by atoms with E-state index in [0.717, 1.165) is 6.20 Å². The van der Waals surface area contributed by atoms with Gasteiger partial charge in [0.2, 0.25) is 5.65 Å². The van der Waals surface area contributed by atoms with Crippen molar-refractivity contribution in [2.24, 2.45) is 5.73 Å². The molecule has 2 aromatic heterocycles. The first-order valence-corrected chi connectivity index (χ1v) is 4.45. The van der Waals surface area contributed by atoms with E-state index >= 15 is 0 Å². The van der Waals surface area contributed by atoms with Crippen LogP contribution in [-0.2, 0) is 0 Å². The van der Waals surface area contributed by atoms with Crippen LogP contribution < -0.4 is 5.73 Å². The molecule has 0 aliphatic rings. The standard InChI is InChI=1S/C8H8F3N5/c9-8(10,11)5(2-12)4-1-6-7(13-3-4)15-16-14-6/h1,3,5H,2,12H2,(H,13,14,15,16). The Morgan fingerprint density at radius 3 is 2.75 bits per heavy atom. The minimum absolute atomic E-state index is 0.00333. The van der Waals surface area contributed by atoms with Crippen molar-refractivity contribution < 1.29 is 13.2 Å². The fourth-order valence-electron chi connectivity index (χ4n) is 1.41. The van der Waals surface area contributed by atoms with Crippen molar-refractivity contribution in [1.82, 2.24) is 20.4 Å². The quantitative estimate of drug-likeness (QED) is 0.806. The lowest BCUT2D eigenvalue weighted by atomic mass is 10.0. The van der Waals surface area contributed by atoms with Crippen LogP contribution in [0.3, 0.4) is 0 Å². The number of aromatic nitrogens is 4. The Bertz CT molecular complexity index is 492. The number of hydrogen-bond acceptors (Lipinski definition) is 4. The van der Waals surface area contributed by atoms with Crippen LogP contribution in [0.15, 0.2) is 12.3 Å². The summed E-state index contributed by atoms with van der Waals surface area (Å²) in [5.41, 5.74) is 5.69. The number of hydrogen-bond donors (Lipinski definition) is 2. The molecule has 8 heteroatoms. The molecule has 0 saturated heterocycles. The molecule has 0 saturated carbocycles. The number of fused-ring (bicyclic) bond motifs is 1. The molecule has 0 bridgehead atoms. The second-order valence-corrected chi connectivity index (χ2v) is 3.26. The Hall–Kier alpha value is -1.70. The highest BCUT2D eigenvalue weighted by Crippen LogP contribution is 2.34. The van der Waals surface area contributed by atoms with E-state index in [0.29, 0.717) is 5.52 Å². The number of rotatable bonds is 2. The molecule has 0 aromatic carbocycles. The van der Waals surface area contributed by atoms with E-state index in [4.69, 9.17) is 5.73 Å². The zero-order valence-electron chi connectivity index (χ0n) is 7.99. The third kappa shape index (κ3) is 1.83. The molecule has 2 aromatic rings. The maximum absolute atomic E-state index is 12.6. The van der Waals surface area contributed by atoms with Gasteiger partial charge in [0.1, 0.15) is 5.52 Å². The fraction of sp³-hybridized carbons (Fsp3) is 0.375. The van der Waals surface area contributed by atoms with E-state index in [9.17, 15) is 13.2 Å². The average molecular weight is 231 g/mol. The predicted octanol–water partition coefficient (Wildman–Crippen LogP) is 0.957. The molecule has 16 heavy (non-hydrogen) atoms. The SMILES string of the molecule is NCC(c1cnc2n[nH]nc2c1)C(F)(F)F. The van der Waals surface area contributed by atoms with E-state index in [1.807, 2.05) is 0 Å². The highest BCUT2D eigenvalue weighted by molar-refractivity contribution is 5.69. The Balaban J connectivity index is 2.45. The average Bonchev–Trinajstić information content (AvgIpc) is 2.63. The van der Waals surface area contributed by atoms with Crippen molar-refractivity contribution in [3.8, 4) is 0 Å². The number of nitrogens with zero attached hydrogens (tertiary/aromatic N) is 3. The molecule has 0 radical (unpaired) electrons. The zero-order valence-corrected chi connectivity index (χ0v) is 7.99. The van der Waals surface area contributed by atoms with Crippen molar-refractivity contribution in [3.63, 3.8) is 0 Å². The van der Waals surface area contributed by atoms with Crippen molar-refractivity contribution in [1.29, 1.82) is 0 Å². The Labute approximate surface area is 87.8 Å². The molecule has 0 fully saturated rings. The Morgan fingerprint density at radius 1 is 1.38 bits per heavy atom. The minimum atomic E-state index is -4.38. The predicted molar refractivity (Wildman–Crippen MR) is 49.5 cm³/mol. The number of halogens is 3. The van der Waals surface area contributed by atoms with Gasteiger partial charge in [0.25, 0.3) is 0 Å². The first-order valence-electron chi connectivity index (χ1n) is 4.45. The molecule has 0 aliphatic carbocycles. The van der Waals surface area contributed by atoms with Crippen molar-refractivity contribution >= 4 is 11.2 Å². The topological polar surface area (TPSA) is 80.5 Å². The van der Waals surface area contributed by atoms with E-state index in [2.05, 4.69) is 20.4 Å². The van der Waals surface area contributed by atoms with Gasteiger partial charge in [0, 0.05) is 12.7 Å². The molecular weight excluding hydrogens is 223 g/mol. The number of alkyl halides is 3. The van der Waals surface area contributed by atoms with Crippen molar-refractivity contribution in [2.45, 2.75) is 12.1 Å². The number of nitrogens with two attached hydrogens (primary N) is 1. The van der Waals surface area contributed by atoms with Gasteiger partial charge in [0.05, 0.1) is 5.92 Å². The molecule has 5 nitrogen and oxygen atoms in total. The summed E-state index contributed by atoms with van der Waals surface area (Å²) in [5.74, 6) is -1.72. The van der Waals surface area contributed by atoms with Gasteiger partial charge in [0.15, 0.2) is 0 Å². The van der Waals surface area contributed by atoms with Crippen LogP contribution in [-0.4, -0.2) is 33.1 Å². The monoisotopic (exact) mass is 231 g/mol. The first kappa shape index (κ1) is 10.8. The van der Waals surface area contributed by atoms with Gasteiger partial charge in [-0.15, -0.1) is 5.10 Å². The molecule has 1 atom stereocenters. The van der Waals surface area contributed by atoms with Gasteiger partial charge in [-0.25, -0.2) is 4.98 Å². The summed E-state index contributed by atoms with van der Waals surface area (Å²) in [4.78, 5) is 3.76. The lowest BCUT2D eigenvalue weighted by molar-refractivity contribution is -0.148. The maximum atomic E-state index is 12.6. The summed E-state index contributed by atoms with van der Waals surface area (Å²) < 4.78 is 37.7. The number of H-pyrrole nitrogens is 1. The largest absolute Gasteiger partial charge is 0.397 e. The van der Waals surface area contributed by atoms with Gasteiger partial charge in [-0.05, 0) is 11.6 Å². The van der Waals surface area contributed by atoms with Gasteiger partial charge in [-0.3, -0.25) is 0 Å². The molecule has 2 rings (SSSR count). The molecule has 3 N–H and O–H groups in total. The third-order valence-electron chi connectivity index (χ3n) is 2.23. The van der Waals surface area contributed by atoms with Gasteiger partial charge in [-0.2, -0.15) is 23.5 Å². The van der Waals surface area contributed by atoms with Crippen LogP contribution in [0.25, 0.3) is 11.2 Å². The van der Waals surface area contributed by atoms with Crippen LogP contribution in [0.2, 0.25) is 0 Å². The second kappa shape index (κ2) is 3.71. The van der Waals surface area contributed by atoms with E-state index < -0.39 is 18.6 Å². The molecule has 86 valence electrons. The molecule has 0 amide bonds. The van der Waals surface area contributed by atoms with Crippen LogP contribution in [0.4, 0.5) is 13.2 Å². The van der Waals surface area contributed by atoms with Gasteiger partial charge in [-0.1, -0.05) is 0 Å². The highest BCUT2D eigenvalue weighted by Gasteiger charge is 2.40. The normalized spacial score (nSPS) is 14.2. The molecule has 0 spiro atoms. The van der Waals surface area contributed by atoms with Gasteiger partial charge >= 0.3 is 6.18 Å². The van der Waals surface area contributed by atoms with Crippen LogP contribution >= 0.6 is 0 Å². The summed E-state index contributed by atoms with van der Waals surface area (Å²) >= 11 is 0. The lowest BCUT2D eigenvalue weighted by Crippen LogP contribution is -2.28. The van der Waals surface area contributed by atoms with Crippen LogP contribution in [0.1, 0.15) is 11.5 Å². The molecule has 1 unspecified atom stereocenters. The summed E-state index contributed by atoms with van der Waals surface area (Å²) in [6, 6.07) is 1.29. The summed E-state index contributed by atoms with van der Waals surface area (Å²) in [6.07, 6.45) is -3.26. The zero-order chi connectivity index (χ0) is 11.8. The van der Waals surface area contributed by atoms with E-state index in [-0.39, 0.29) is 11.2 Å². The van der Waals surface area contributed by atoms with Crippen molar-refractivity contribution in [2.75, 3.05) is 6.54 Å². The fourth-order valence-corrected chi connectivity index (χ4v) is 1.41. The van der Waals surface area contributed by atoms with E-state index in [1.165, 1.54) is 6.07 Å². The first-order chi connectivity index (χ1) is 7.52. The van der Waals surface area contributed by atoms with Crippen molar-refractivity contribution in [3.05, 3.63) is 17.8 Å². The minimum Gasteiger partial charge on any atom is -0.330 e. The van der Waals surface area contributed by atoms with Gasteiger partial charge < -0.3 is 5.73 Å². The summed E-state index contributed by atoms with van der Waals surface area (Å²) in [6.45, 7) is -0.519. The summed E-state index contributed by atoms with van der Waals surface area (Å²) in [5, 5.41) is 9.60. The lowest BCUT2D eigenvalue weighted by Gasteiger charge is -2.17. The Kier molecular flexibility index (Phi) is 2.50.